The Labute approximate surface area is 61.1 Å². The van der Waals surface area contributed by atoms with Gasteiger partial charge < -0.3 is 27.7 Å². The molecule has 0 heterocycles. The summed E-state index contributed by atoms with van der Waals surface area (Å²) < 4.78 is 43.4. The van der Waals surface area contributed by atoms with E-state index in [2.05, 4.69) is 4.74 Å². The largest absolute Gasteiger partial charge is 0.673 e. The Morgan fingerprint density at radius 2 is 1.73 bits per heavy atom. The molecule has 0 unspecified atom stereocenters. The zero-order chi connectivity index (χ0) is 9.49. The molecule has 11 heavy (non-hydrogen) atoms. The van der Waals surface area contributed by atoms with E-state index in [1.807, 2.05) is 0 Å². The highest BCUT2D eigenvalue weighted by Crippen LogP contribution is 2.06. The molecule has 0 atom stereocenters. The number of halogens is 4. The van der Waals surface area contributed by atoms with E-state index in [-0.39, 0.29) is 6.02 Å². The van der Waals surface area contributed by atoms with Crippen molar-refractivity contribution in [2.75, 3.05) is 6.61 Å². The van der Waals surface area contributed by atoms with Gasteiger partial charge in [-0.25, -0.2) is 0 Å². The van der Waals surface area contributed by atoms with Crippen LogP contribution < -0.4 is 5.73 Å². The maximum Gasteiger partial charge on any atom is 0.673 e. The number of rotatable bonds is 1. The van der Waals surface area contributed by atoms with Crippen LogP contribution in [-0.2, 0) is 4.74 Å². The van der Waals surface area contributed by atoms with Crippen LogP contribution in [0.1, 0.15) is 6.92 Å². The Morgan fingerprint density at radius 3 is 1.73 bits per heavy atom. The third-order valence-corrected chi connectivity index (χ3v) is 0.300. The minimum absolute atomic E-state index is 0.211. The van der Waals surface area contributed by atoms with Crippen molar-refractivity contribution in [1.29, 1.82) is 5.41 Å². The lowest BCUT2D eigenvalue weighted by molar-refractivity contribution is 0.319. The highest BCUT2D eigenvalue weighted by Gasteiger charge is 2.20. The number of hydrogen-bond acceptors (Lipinski definition) is 2. The van der Waals surface area contributed by atoms with E-state index in [0.29, 0.717) is 6.61 Å². The van der Waals surface area contributed by atoms with Crippen LogP contribution in [0, 0.1) is 5.41 Å². The molecular formula is C3H8BF4N2O-. The second-order valence-electron chi connectivity index (χ2n) is 1.29. The monoisotopic (exact) mass is 175 g/mol. The molecule has 0 saturated carbocycles. The standard InChI is InChI=1S/C3H8N2O.BF4/c1-2-6-3(4)5;2-1(3,4)5/h2H2,1H3,(H3,4,5);/q;-1. The smallest absolute Gasteiger partial charge is 0.466 e. The third kappa shape index (κ3) is 107. The van der Waals surface area contributed by atoms with Crippen LogP contribution in [-0.4, -0.2) is 19.9 Å². The summed E-state index contributed by atoms with van der Waals surface area (Å²) in [7, 11) is -6.00. The van der Waals surface area contributed by atoms with E-state index in [9.17, 15) is 17.3 Å². The van der Waals surface area contributed by atoms with Gasteiger partial charge >= 0.3 is 7.25 Å². The van der Waals surface area contributed by atoms with Crippen molar-refractivity contribution >= 4 is 13.3 Å². The van der Waals surface area contributed by atoms with Gasteiger partial charge in [-0.1, -0.05) is 0 Å². The Hall–Kier alpha value is -0.945. The van der Waals surface area contributed by atoms with Crippen molar-refractivity contribution in [1.82, 2.24) is 0 Å². The fraction of sp³-hybridized carbons (Fsp3) is 0.667. The molecule has 0 aromatic heterocycles. The lowest BCUT2D eigenvalue weighted by Crippen LogP contribution is -2.13. The van der Waals surface area contributed by atoms with E-state index < -0.39 is 7.25 Å². The SMILES string of the molecule is CCOC(=N)N.F[B-](F)(F)F. The van der Waals surface area contributed by atoms with Gasteiger partial charge in [-0.15, -0.1) is 0 Å². The first-order valence-corrected chi connectivity index (χ1v) is 2.61. The molecule has 0 aromatic rings. The Morgan fingerprint density at radius 1 is 1.45 bits per heavy atom. The summed E-state index contributed by atoms with van der Waals surface area (Å²) in [6.45, 7) is 2.26. The first kappa shape index (κ1) is 12.7. The van der Waals surface area contributed by atoms with Crippen LogP contribution in [0.15, 0.2) is 0 Å². The van der Waals surface area contributed by atoms with Crippen molar-refractivity contribution < 1.29 is 22.0 Å². The molecule has 0 aliphatic heterocycles. The summed E-state index contributed by atoms with van der Waals surface area (Å²) in [4.78, 5) is 0. The molecule has 3 nitrogen and oxygen atoms in total. The fourth-order valence-corrected chi connectivity index (χ4v) is 0.156. The summed E-state index contributed by atoms with van der Waals surface area (Å²) in [6, 6.07) is -0.211. The zero-order valence-electron chi connectivity index (χ0n) is 5.78. The normalized spacial score (nSPS) is 9.55. The topological polar surface area (TPSA) is 59.1 Å². The molecule has 0 aliphatic rings. The Balaban J connectivity index is 0. The molecule has 0 rings (SSSR count). The van der Waals surface area contributed by atoms with Crippen molar-refractivity contribution in [3.05, 3.63) is 0 Å². The lowest BCUT2D eigenvalue weighted by atomic mass is 10.3. The summed E-state index contributed by atoms with van der Waals surface area (Å²) in [5, 5.41) is 6.45. The average molecular weight is 175 g/mol. The van der Waals surface area contributed by atoms with Gasteiger partial charge in [0.1, 0.15) is 0 Å². The van der Waals surface area contributed by atoms with Crippen LogP contribution >= 0.6 is 0 Å². The van der Waals surface area contributed by atoms with Crippen LogP contribution in [0.2, 0.25) is 0 Å². The summed E-state index contributed by atoms with van der Waals surface area (Å²) in [5.41, 5.74) is 4.76. The number of nitrogens with one attached hydrogen (secondary N) is 1. The van der Waals surface area contributed by atoms with Crippen molar-refractivity contribution in [3.8, 4) is 0 Å². The van der Waals surface area contributed by atoms with Gasteiger partial charge in [0, 0.05) is 0 Å². The molecule has 0 fully saturated rings. The molecule has 3 N–H and O–H groups in total. The Bertz CT molecular complexity index is 110. The first-order valence-electron chi connectivity index (χ1n) is 2.61. The van der Waals surface area contributed by atoms with Crippen LogP contribution in [0.3, 0.4) is 0 Å². The van der Waals surface area contributed by atoms with Crippen molar-refractivity contribution in [2.24, 2.45) is 5.73 Å². The van der Waals surface area contributed by atoms with Gasteiger partial charge in [0.25, 0.3) is 6.02 Å². The second-order valence-corrected chi connectivity index (χ2v) is 1.29. The van der Waals surface area contributed by atoms with Crippen molar-refractivity contribution in [3.63, 3.8) is 0 Å². The van der Waals surface area contributed by atoms with Crippen LogP contribution in [0.25, 0.3) is 0 Å². The molecule has 0 spiro atoms. The third-order valence-electron chi connectivity index (χ3n) is 0.300. The molecule has 0 aliphatic carbocycles. The molecule has 0 amide bonds. The van der Waals surface area contributed by atoms with E-state index in [0.717, 1.165) is 0 Å². The number of ether oxygens (including phenoxy) is 1. The van der Waals surface area contributed by atoms with E-state index in [1.165, 1.54) is 0 Å². The molecule has 0 radical (unpaired) electrons. The van der Waals surface area contributed by atoms with E-state index in [1.54, 1.807) is 6.92 Å². The molecule has 8 heteroatoms. The van der Waals surface area contributed by atoms with Gasteiger partial charge in [-0.2, -0.15) is 0 Å². The zero-order valence-corrected chi connectivity index (χ0v) is 5.78. The Kier molecular flexibility index (Phi) is 6.71. The maximum atomic E-state index is 9.75. The lowest BCUT2D eigenvalue weighted by Gasteiger charge is -1.94. The molecule has 68 valence electrons. The van der Waals surface area contributed by atoms with Crippen molar-refractivity contribution in [2.45, 2.75) is 6.92 Å². The highest BCUT2D eigenvalue weighted by atomic mass is 19.5. The quantitative estimate of drug-likeness (QED) is 0.272. The predicted molar refractivity (Wildman–Crippen MR) is 33.7 cm³/mol. The van der Waals surface area contributed by atoms with Gasteiger partial charge in [0.15, 0.2) is 0 Å². The molecule has 0 aromatic carbocycles. The average Bonchev–Trinajstić information content (AvgIpc) is 1.58. The maximum absolute atomic E-state index is 9.75. The summed E-state index contributed by atoms with van der Waals surface area (Å²) in [6.07, 6.45) is 0. The minimum Gasteiger partial charge on any atom is -0.466 e. The van der Waals surface area contributed by atoms with E-state index in [4.69, 9.17) is 11.1 Å². The van der Waals surface area contributed by atoms with Gasteiger partial charge in [0.05, 0.1) is 6.61 Å². The summed E-state index contributed by atoms with van der Waals surface area (Å²) >= 11 is 0. The number of nitrogens with two attached hydrogens (primary N) is 1. The number of hydrogen-bond donors (Lipinski definition) is 2. The van der Waals surface area contributed by atoms with Crippen LogP contribution in [0.5, 0.6) is 0 Å². The van der Waals surface area contributed by atoms with Gasteiger partial charge in [0.2, 0.25) is 0 Å². The molecule has 0 saturated heterocycles. The minimum atomic E-state index is -6.00. The molecular weight excluding hydrogens is 167 g/mol. The van der Waals surface area contributed by atoms with E-state index >= 15 is 0 Å². The predicted octanol–water partition coefficient (Wildman–Crippen LogP) is 1.22. The summed E-state index contributed by atoms with van der Waals surface area (Å²) in [5.74, 6) is 0. The van der Waals surface area contributed by atoms with Gasteiger partial charge in [-0.3, -0.25) is 5.41 Å². The fourth-order valence-electron chi connectivity index (χ4n) is 0.156. The second kappa shape index (κ2) is 5.81. The molecule has 0 bridgehead atoms. The number of amidine groups is 1. The first-order chi connectivity index (χ1) is 4.77. The van der Waals surface area contributed by atoms with Gasteiger partial charge in [-0.05, 0) is 6.92 Å². The highest BCUT2D eigenvalue weighted by molar-refractivity contribution is 6.50. The van der Waals surface area contributed by atoms with Crippen LogP contribution in [0.4, 0.5) is 17.3 Å².